The summed E-state index contributed by atoms with van der Waals surface area (Å²) in [6.07, 6.45) is 2.53. The molecule has 0 amide bonds. The quantitative estimate of drug-likeness (QED) is 0.132. The van der Waals surface area contributed by atoms with Crippen molar-refractivity contribution in [2.45, 2.75) is 166 Å². The van der Waals surface area contributed by atoms with Gasteiger partial charge in [0.25, 0.3) is 0 Å². The minimum absolute atomic E-state index is 0.0153. The van der Waals surface area contributed by atoms with Gasteiger partial charge in [-0.15, -0.1) is 6.58 Å². The van der Waals surface area contributed by atoms with Gasteiger partial charge in [0.05, 0.1) is 12.2 Å². The number of aliphatic hydroxyl groups excluding tert-OH is 1. The second-order valence-electron chi connectivity index (χ2n) is 15.8. The van der Waals surface area contributed by atoms with Gasteiger partial charge in [0.1, 0.15) is 24.4 Å². The van der Waals surface area contributed by atoms with Gasteiger partial charge in [-0.3, -0.25) is 0 Å². The lowest BCUT2D eigenvalue weighted by Gasteiger charge is -2.54. The molecule has 1 heterocycles. The molecule has 1 aliphatic rings. The molecule has 5 nitrogen and oxygen atoms in total. The summed E-state index contributed by atoms with van der Waals surface area (Å²) in [7, 11) is -6.72. The van der Waals surface area contributed by atoms with E-state index >= 15 is 0 Å². The van der Waals surface area contributed by atoms with Crippen molar-refractivity contribution >= 4 is 47.5 Å². The average molecular weight is 713 g/mol. The lowest BCUT2D eigenvalue weighted by atomic mass is 9.90. The fourth-order valence-electron chi connectivity index (χ4n) is 3.85. The van der Waals surface area contributed by atoms with Crippen LogP contribution in [0.4, 0.5) is 0 Å². The molecule has 1 aliphatic heterocycles. The molecule has 0 aliphatic carbocycles. The Hall–Kier alpha value is 0.661. The Kier molecular flexibility index (Phi) is 13.1. The third-order valence-corrected chi connectivity index (χ3v) is 23.5. The van der Waals surface area contributed by atoms with E-state index in [1.165, 1.54) is 0 Å². The monoisotopic (exact) mass is 712 g/mol. The molecule has 0 aromatic carbocycles. The summed E-state index contributed by atoms with van der Waals surface area (Å²) in [5.41, 5.74) is 0. The molecule has 0 spiro atoms. The van der Waals surface area contributed by atoms with Gasteiger partial charge in [0.2, 0.25) is 0 Å². The maximum absolute atomic E-state index is 11.9. The zero-order valence-corrected chi connectivity index (χ0v) is 32.9. The number of ether oxygens (including phenoxy) is 1. The van der Waals surface area contributed by atoms with Crippen molar-refractivity contribution in [3.63, 3.8) is 0 Å². The van der Waals surface area contributed by atoms with Crippen LogP contribution in [0.3, 0.4) is 0 Å². The molecule has 0 aromatic heterocycles. The first-order valence-electron chi connectivity index (χ1n) is 14.6. The number of hydrogen-bond donors (Lipinski definition) is 1. The fraction of sp³-hybridized carbons (Fsp3) is 0.867. The van der Waals surface area contributed by atoms with Crippen LogP contribution in [0.15, 0.2) is 22.8 Å². The Morgan fingerprint density at radius 2 is 1.26 bits per heavy atom. The lowest BCUT2D eigenvalue weighted by Crippen LogP contribution is -2.67. The summed E-state index contributed by atoms with van der Waals surface area (Å²) in [5, 5.41) is 11.9. The summed E-state index contributed by atoms with van der Waals surface area (Å²) in [6, 6.07) is 0. The molecule has 0 aromatic rings. The van der Waals surface area contributed by atoms with Crippen LogP contribution in [0.2, 0.25) is 54.4 Å². The molecular weight excluding hydrogens is 651 g/mol. The Morgan fingerprint density at radius 1 is 0.821 bits per heavy atom. The van der Waals surface area contributed by atoms with Gasteiger partial charge in [-0.25, -0.2) is 0 Å². The van der Waals surface area contributed by atoms with Crippen molar-refractivity contribution in [2.24, 2.45) is 0 Å². The van der Waals surface area contributed by atoms with Crippen molar-refractivity contribution in [3.8, 4) is 0 Å². The molecule has 0 bridgehead atoms. The first-order chi connectivity index (χ1) is 17.3. The third-order valence-electron chi connectivity index (χ3n) is 9.65. The van der Waals surface area contributed by atoms with Gasteiger partial charge in [-0.05, 0) is 77.4 Å². The van der Waals surface area contributed by atoms with E-state index in [1.807, 2.05) is 10.2 Å². The summed E-state index contributed by atoms with van der Waals surface area (Å²) in [4.78, 5) is 0. The van der Waals surface area contributed by atoms with Crippen LogP contribution in [0.25, 0.3) is 0 Å². The minimum Gasteiger partial charge on any atom is -0.408 e. The number of aliphatic hydroxyl groups is 1. The first-order valence-corrected chi connectivity index (χ1v) is 24.5. The third kappa shape index (κ3) is 9.58. The largest absolute Gasteiger partial charge is 0.408 e. The van der Waals surface area contributed by atoms with Crippen LogP contribution in [0.5, 0.6) is 0 Å². The van der Waals surface area contributed by atoms with Gasteiger partial charge in [-0.1, -0.05) is 91.0 Å². The molecule has 1 N–H and O–H groups in total. The highest BCUT2D eigenvalue weighted by Gasteiger charge is 2.55. The second kappa shape index (κ2) is 13.5. The van der Waals surface area contributed by atoms with Crippen molar-refractivity contribution in [3.05, 3.63) is 22.8 Å². The smallest absolute Gasteiger partial charge is 0.193 e. The topological polar surface area (TPSA) is 57.2 Å². The van der Waals surface area contributed by atoms with Crippen molar-refractivity contribution < 1.29 is 23.1 Å². The zero-order chi connectivity index (χ0) is 30.8. The molecule has 230 valence electrons. The minimum atomic E-state index is -2.28. The second-order valence-corrected chi connectivity index (χ2v) is 30.8. The molecule has 9 heteroatoms. The van der Waals surface area contributed by atoms with Crippen LogP contribution < -0.4 is 0 Å². The summed E-state index contributed by atoms with van der Waals surface area (Å²) in [6.45, 7) is 37.8. The van der Waals surface area contributed by atoms with E-state index in [2.05, 4.69) is 137 Å². The molecule has 0 radical (unpaired) electrons. The van der Waals surface area contributed by atoms with Crippen molar-refractivity contribution in [1.82, 2.24) is 0 Å². The molecule has 1 fully saturated rings. The molecule has 39 heavy (non-hydrogen) atoms. The Morgan fingerprint density at radius 3 is 1.64 bits per heavy atom. The van der Waals surface area contributed by atoms with E-state index in [9.17, 15) is 5.11 Å². The average Bonchev–Trinajstić information content (AvgIpc) is 2.72. The number of halogens is 1. The van der Waals surface area contributed by atoms with E-state index in [-0.39, 0.29) is 21.2 Å². The van der Waals surface area contributed by atoms with Crippen LogP contribution in [0.1, 0.15) is 75.2 Å². The van der Waals surface area contributed by atoms with E-state index < -0.39 is 55.5 Å². The molecule has 1 rings (SSSR count). The van der Waals surface area contributed by atoms with Crippen molar-refractivity contribution in [2.75, 3.05) is 0 Å². The molecule has 5 unspecified atom stereocenters. The van der Waals surface area contributed by atoms with E-state index in [1.54, 1.807) is 0 Å². The maximum atomic E-state index is 11.9. The van der Waals surface area contributed by atoms with Gasteiger partial charge < -0.3 is 23.1 Å². The van der Waals surface area contributed by atoms with E-state index in [0.29, 0.717) is 6.42 Å². The van der Waals surface area contributed by atoms with Gasteiger partial charge >= 0.3 is 0 Å². The summed E-state index contributed by atoms with van der Waals surface area (Å²) in [5.74, 6) is 0. The Balaban J connectivity index is 3.82. The van der Waals surface area contributed by atoms with Crippen LogP contribution in [0, 0.1) is 0 Å². The van der Waals surface area contributed by atoms with Crippen LogP contribution in [-0.4, -0.2) is 66.7 Å². The number of rotatable bonds is 11. The highest BCUT2D eigenvalue weighted by atomic mass is 127. The summed E-state index contributed by atoms with van der Waals surface area (Å²) < 4.78 is 30.2. The standard InChI is InChI=1S/C30H61IO5Si3/c1-17-18-19-22-24(32)26(35-38(13,14)29(5,6)7)27(36-39(15,16)30(8,9)10)25(33-22)23(20-21-31)34-37(11,12)28(2,3)4/h17,20-27,32H,1,18-19H2,2-16H3/b21-20+/t22?,23?,24?,25-,26?,27?/m0/s1. The zero-order valence-electron chi connectivity index (χ0n) is 27.8. The van der Waals surface area contributed by atoms with E-state index in [4.69, 9.17) is 18.0 Å². The predicted octanol–water partition coefficient (Wildman–Crippen LogP) is 9.20. The normalized spacial score (nSPS) is 27.2. The Bertz CT molecular complexity index is 824. The molecule has 1 saturated heterocycles. The highest BCUT2D eigenvalue weighted by Crippen LogP contribution is 2.45. The highest BCUT2D eigenvalue weighted by molar-refractivity contribution is 14.1. The SMILES string of the molecule is C=CCCC1O[C@@H](C(/C=C/I)O[Si](C)(C)C(C)(C)C)C(O[Si](C)(C)C(C)(C)C)C(O[Si](C)(C)C(C)(C)C)C1O. The van der Waals surface area contributed by atoms with Gasteiger partial charge in [0, 0.05) is 0 Å². The van der Waals surface area contributed by atoms with Crippen molar-refractivity contribution in [1.29, 1.82) is 0 Å². The Labute approximate surface area is 258 Å². The van der Waals surface area contributed by atoms with Gasteiger partial charge in [0.15, 0.2) is 25.0 Å². The lowest BCUT2D eigenvalue weighted by molar-refractivity contribution is -0.229. The van der Waals surface area contributed by atoms with Crippen LogP contribution in [-0.2, 0) is 18.0 Å². The fourth-order valence-corrected chi connectivity index (χ4v) is 8.11. The van der Waals surface area contributed by atoms with Gasteiger partial charge in [-0.2, -0.15) is 0 Å². The maximum Gasteiger partial charge on any atom is 0.193 e. The predicted molar refractivity (Wildman–Crippen MR) is 183 cm³/mol. The molecular formula is C30H61IO5Si3. The molecule has 0 saturated carbocycles. The summed E-state index contributed by atoms with van der Waals surface area (Å²) >= 11 is 2.27. The van der Waals surface area contributed by atoms with E-state index in [0.717, 1.165) is 6.42 Å². The van der Waals surface area contributed by atoms with Crippen LogP contribution >= 0.6 is 22.6 Å². The number of hydrogen-bond acceptors (Lipinski definition) is 5. The first kappa shape index (κ1) is 37.7. The molecule has 6 atom stereocenters. The number of allylic oxidation sites excluding steroid dienone is 1.